The molecule has 2 heteroatoms. The van der Waals surface area contributed by atoms with Gasteiger partial charge in [0.1, 0.15) is 0 Å². The van der Waals surface area contributed by atoms with Crippen LogP contribution in [0.1, 0.15) is 11.1 Å². The number of allylic oxidation sites excluding steroid dienone is 2. The third-order valence-electron chi connectivity index (χ3n) is 3.05. The first-order valence-corrected chi connectivity index (χ1v) is 7.09. The second kappa shape index (κ2) is 9.74. The van der Waals surface area contributed by atoms with Gasteiger partial charge in [0.2, 0.25) is 0 Å². The molecule has 0 heterocycles. The normalized spacial score (nSPS) is 10.4. The van der Waals surface area contributed by atoms with E-state index < -0.39 is 5.97 Å². The third-order valence-corrected chi connectivity index (χ3v) is 3.05. The summed E-state index contributed by atoms with van der Waals surface area (Å²) in [6.45, 7) is 10.7. The van der Waals surface area contributed by atoms with Crippen molar-refractivity contribution in [2.75, 3.05) is 0 Å². The minimum absolute atomic E-state index is 0.163. The first-order chi connectivity index (χ1) is 11.1. The molecule has 0 aliphatic rings. The summed E-state index contributed by atoms with van der Waals surface area (Å²) in [7, 11) is 0. The summed E-state index contributed by atoms with van der Waals surface area (Å²) in [5.74, 6) is -0.997. The van der Waals surface area contributed by atoms with E-state index in [2.05, 4.69) is 19.7 Å². The van der Waals surface area contributed by atoms with Crippen molar-refractivity contribution < 1.29 is 9.90 Å². The van der Waals surface area contributed by atoms with Crippen LogP contribution < -0.4 is 0 Å². The number of aliphatic carboxylic acids is 1. The summed E-state index contributed by atoms with van der Waals surface area (Å²) in [5, 5.41) is 8.96. The van der Waals surface area contributed by atoms with Crippen LogP contribution in [-0.4, -0.2) is 11.1 Å². The van der Waals surface area contributed by atoms with Gasteiger partial charge in [-0.15, -0.1) is 0 Å². The Morgan fingerprint density at radius 2 is 1.35 bits per heavy atom. The molecule has 23 heavy (non-hydrogen) atoms. The Bertz CT molecular complexity index is 695. The molecule has 0 bridgehead atoms. The molecule has 0 saturated carbocycles. The molecule has 0 fully saturated rings. The predicted octanol–water partition coefficient (Wildman–Crippen LogP) is 5.23. The Labute approximate surface area is 137 Å². The highest BCUT2D eigenvalue weighted by Gasteiger charge is 2.09. The average molecular weight is 304 g/mol. The minimum atomic E-state index is -0.997. The number of rotatable bonds is 5. The van der Waals surface area contributed by atoms with Gasteiger partial charge in [-0.25, -0.2) is 4.79 Å². The molecule has 0 amide bonds. The minimum Gasteiger partial charge on any atom is -0.478 e. The molecule has 0 saturated heterocycles. The van der Waals surface area contributed by atoms with E-state index in [-0.39, 0.29) is 5.57 Å². The van der Waals surface area contributed by atoms with Gasteiger partial charge in [0.15, 0.2) is 0 Å². The fourth-order valence-electron chi connectivity index (χ4n) is 1.90. The molecule has 0 unspecified atom stereocenters. The lowest BCUT2D eigenvalue weighted by Crippen LogP contribution is -2.00. The molecular weight excluding hydrogens is 284 g/mol. The predicted molar refractivity (Wildman–Crippen MR) is 97.9 cm³/mol. The van der Waals surface area contributed by atoms with Gasteiger partial charge in [-0.2, -0.15) is 0 Å². The van der Waals surface area contributed by atoms with E-state index in [4.69, 9.17) is 5.11 Å². The lowest BCUT2D eigenvalue weighted by Gasteiger charge is -2.05. The zero-order chi connectivity index (χ0) is 17.1. The summed E-state index contributed by atoms with van der Waals surface area (Å²) in [5.41, 5.74) is 2.74. The maximum atomic E-state index is 10.9. The summed E-state index contributed by atoms with van der Waals surface area (Å²) in [4.78, 5) is 10.9. The standard InChI is InChI=1S/C13H12O2.C8H8/c1-3-11(12(4-2)13(14)15)10-8-6-5-7-9-10;1-2-8-6-4-3-5-7-8/h3-9H,1-2H2,(H,14,15);2-7H,1H2. The zero-order valence-corrected chi connectivity index (χ0v) is 13.0. The Morgan fingerprint density at radius 1 is 0.826 bits per heavy atom. The zero-order valence-electron chi connectivity index (χ0n) is 13.0. The van der Waals surface area contributed by atoms with Crippen LogP contribution in [0, 0.1) is 0 Å². The monoisotopic (exact) mass is 304 g/mol. The number of hydrogen-bond acceptors (Lipinski definition) is 1. The molecule has 0 atom stereocenters. The van der Waals surface area contributed by atoms with Crippen molar-refractivity contribution in [3.63, 3.8) is 0 Å². The highest BCUT2D eigenvalue weighted by Crippen LogP contribution is 2.20. The number of hydrogen-bond donors (Lipinski definition) is 1. The molecule has 1 N–H and O–H groups in total. The molecule has 0 radical (unpaired) electrons. The van der Waals surface area contributed by atoms with Crippen LogP contribution in [0.4, 0.5) is 0 Å². The van der Waals surface area contributed by atoms with Gasteiger partial charge < -0.3 is 5.11 Å². The third kappa shape index (κ3) is 5.64. The summed E-state index contributed by atoms with van der Waals surface area (Å²) < 4.78 is 0. The van der Waals surface area contributed by atoms with Crippen LogP contribution in [0.5, 0.6) is 0 Å². The van der Waals surface area contributed by atoms with Gasteiger partial charge in [-0.1, -0.05) is 98.6 Å². The van der Waals surface area contributed by atoms with E-state index in [1.807, 2.05) is 66.7 Å². The lowest BCUT2D eigenvalue weighted by atomic mass is 10.00. The maximum absolute atomic E-state index is 10.9. The fourth-order valence-corrected chi connectivity index (χ4v) is 1.90. The van der Waals surface area contributed by atoms with E-state index in [1.165, 1.54) is 17.7 Å². The quantitative estimate of drug-likeness (QED) is 0.607. The topological polar surface area (TPSA) is 37.3 Å². The van der Waals surface area contributed by atoms with Crippen molar-refractivity contribution in [1.29, 1.82) is 0 Å². The highest BCUT2D eigenvalue weighted by molar-refractivity contribution is 6.01. The molecule has 2 aromatic rings. The second-order valence-electron chi connectivity index (χ2n) is 4.52. The summed E-state index contributed by atoms with van der Waals surface area (Å²) >= 11 is 0. The van der Waals surface area contributed by atoms with Gasteiger partial charge in [0.25, 0.3) is 0 Å². The maximum Gasteiger partial charge on any atom is 0.336 e. The van der Waals surface area contributed by atoms with Crippen molar-refractivity contribution >= 4 is 17.6 Å². The Kier molecular flexibility index (Phi) is 7.59. The average Bonchev–Trinajstić information content (AvgIpc) is 2.61. The smallest absolute Gasteiger partial charge is 0.336 e. The summed E-state index contributed by atoms with van der Waals surface area (Å²) in [6.07, 6.45) is 4.69. The molecule has 2 aromatic carbocycles. The van der Waals surface area contributed by atoms with Gasteiger partial charge in [0.05, 0.1) is 5.57 Å². The van der Waals surface area contributed by atoms with Crippen LogP contribution in [0.15, 0.2) is 98.1 Å². The molecule has 0 aliphatic carbocycles. The Balaban J connectivity index is 0.000000277. The number of carboxylic acids is 1. The molecular formula is C21H20O2. The van der Waals surface area contributed by atoms with Gasteiger partial charge >= 0.3 is 5.97 Å². The van der Waals surface area contributed by atoms with Crippen molar-refractivity contribution in [3.8, 4) is 0 Å². The number of benzene rings is 2. The molecule has 0 aliphatic heterocycles. The van der Waals surface area contributed by atoms with Crippen molar-refractivity contribution in [1.82, 2.24) is 0 Å². The molecule has 116 valence electrons. The Morgan fingerprint density at radius 3 is 1.70 bits per heavy atom. The van der Waals surface area contributed by atoms with Crippen LogP contribution in [0.3, 0.4) is 0 Å². The SMILES string of the molecule is C=CC(C(=O)O)=C(C=C)c1ccccc1.C=Cc1ccccc1. The molecule has 2 rings (SSSR count). The molecule has 0 aromatic heterocycles. The van der Waals surface area contributed by atoms with Crippen LogP contribution in [-0.2, 0) is 4.79 Å². The largest absolute Gasteiger partial charge is 0.478 e. The molecule has 0 spiro atoms. The van der Waals surface area contributed by atoms with E-state index in [0.29, 0.717) is 5.57 Å². The highest BCUT2D eigenvalue weighted by atomic mass is 16.4. The fraction of sp³-hybridized carbons (Fsp3) is 0. The first-order valence-electron chi connectivity index (χ1n) is 7.09. The van der Waals surface area contributed by atoms with E-state index in [9.17, 15) is 4.79 Å². The van der Waals surface area contributed by atoms with Crippen LogP contribution in [0.25, 0.3) is 11.6 Å². The van der Waals surface area contributed by atoms with Crippen molar-refractivity contribution in [2.24, 2.45) is 0 Å². The number of carboxylic acid groups (broad SMARTS) is 1. The molecule has 2 nitrogen and oxygen atoms in total. The van der Waals surface area contributed by atoms with Crippen molar-refractivity contribution in [3.05, 3.63) is 109 Å². The van der Waals surface area contributed by atoms with Crippen molar-refractivity contribution in [2.45, 2.75) is 0 Å². The Hall–Kier alpha value is -3.13. The first kappa shape index (κ1) is 17.9. The van der Waals surface area contributed by atoms with E-state index >= 15 is 0 Å². The lowest BCUT2D eigenvalue weighted by molar-refractivity contribution is -0.132. The van der Waals surface area contributed by atoms with Crippen LogP contribution >= 0.6 is 0 Å². The van der Waals surface area contributed by atoms with Gasteiger partial charge in [-0.05, 0) is 16.7 Å². The summed E-state index contributed by atoms with van der Waals surface area (Å²) in [6, 6.07) is 19.3. The number of carbonyl (C=O) groups is 1. The van der Waals surface area contributed by atoms with Gasteiger partial charge in [0, 0.05) is 0 Å². The van der Waals surface area contributed by atoms with E-state index in [1.54, 1.807) is 0 Å². The van der Waals surface area contributed by atoms with Gasteiger partial charge in [-0.3, -0.25) is 0 Å². The van der Waals surface area contributed by atoms with E-state index in [0.717, 1.165) is 5.56 Å². The second-order valence-corrected chi connectivity index (χ2v) is 4.52. The van der Waals surface area contributed by atoms with Crippen LogP contribution in [0.2, 0.25) is 0 Å².